The van der Waals surface area contributed by atoms with Gasteiger partial charge in [-0.15, -0.1) is 22.7 Å². The van der Waals surface area contributed by atoms with E-state index in [1.54, 1.807) is 70.8 Å². The van der Waals surface area contributed by atoms with Gasteiger partial charge in [-0.1, -0.05) is 11.8 Å². The molecule has 2 amide bonds. The van der Waals surface area contributed by atoms with Crippen LogP contribution in [0.2, 0.25) is 0 Å². The number of hydrogen-bond acceptors (Lipinski definition) is 14. The number of rotatable bonds is 10. The van der Waals surface area contributed by atoms with Crippen LogP contribution in [0.15, 0.2) is 83.4 Å². The smallest absolute Gasteiger partial charge is 0.409 e. The van der Waals surface area contributed by atoms with Crippen molar-refractivity contribution >= 4 is 57.4 Å². The molecule has 2 saturated heterocycles. The fourth-order valence-corrected chi connectivity index (χ4v) is 10.4. The van der Waals surface area contributed by atoms with E-state index in [9.17, 15) is 22.6 Å². The van der Waals surface area contributed by atoms with Crippen LogP contribution in [0.25, 0.3) is 43.7 Å². The Kier molecular flexibility index (Phi) is 15.6. The first-order valence-electron chi connectivity index (χ1n) is 20.5. The van der Waals surface area contributed by atoms with Gasteiger partial charge in [-0.3, -0.25) is 4.21 Å². The molecule has 13 nitrogen and oxygen atoms in total. The van der Waals surface area contributed by atoms with Gasteiger partial charge in [0.1, 0.15) is 11.6 Å². The molecular formula is C44H46F2N8O5S4. The zero-order valence-corrected chi connectivity index (χ0v) is 38.4. The lowest BCUT2D eigenvalue weighted by atomic mass is 9.98. The third-order valence-corrected chi connectivity index (χ3v) is 14.2. The number of thioether (sulfide) groups is 1. The minimum absolute atomic E-state index is 0.195. The molecule has 1 unspecified atom stereocenters. The quantitative estimate of drug-likeness (QED) is 0.0949. The van der Waals surface area contributed by atoms with Gasteiger partial charge < -0.3 is 19.3 Å². The Hall–Kier alpha value is -5.24. The molecule has 1 atom stereocenters. The fraction of sp³-hybridized carbons (Fsp3) is 0.364. The van der Waals surface area contributed by atoms with Gasteiger partial charge in [-0.05, 0) is 106 Å². The van der Waals surface area contributed by atoms with E-state index in [4.69, 9.17) is 19.4 Å². The number of ether oxygens (including phenoxy) is 2. The van der Waals surface area contributed by atoms with Crippen LogP contribution in [-0.4, -0.2) is 108 Å². The molecule has 0 saturated carbocycles. The Morgan fingerprint density at radius 3 is 1.52 bits per heavy atom. The molecule has 0 radical (unpaired) electrons. The normalized spacial score (nSPS) is 15.1. The first-order valence-corrected chi connectivity index (χ1v) is 24.9. The van der Waals surface area contributed by atoms with E-state index in [1.807, 2.05) is 19.2 Å². The number of hydrogen-bond donors (Lipinski definition) is 0. The van der Waals surface area contributed by atoms with E-state index in [2.05, 4.69) is 19.9 Å². The SMILES string of the molecule is CCOC(=O)N1CCC(c2nc(-c3ccc(F)cc3)c(-c3ccnc(S(C)=O)n3)s2)CC1.CCOC(=O)N1CCC(c2nc(-c3ccc(F)cc3)c(-c3ccnc(SC)n3)s2)CC1. The minimum atomic E-state index is -1.31. The second-order valence-corrected chi connectivity index (χ2v) is 18.6. The Bertz CT molecular complexity index is 2530. The van der Waals surface area contributed by atoms with E-state index in [0.29, 0.717) is 55.9 Å². The Balaban J connectivity index is 0.000000189. The molecule has 0 N–H and O–H groups in total. The molecule has 0 spiro atoms. The molecule has 8 rings (SSSR count). The van der Waals surface area contributed by atoms with Crippen LogP contribution >= 0.6 is 34.4 Å². The maximum absolute atomic E-state index is 13.5. The van der Waals surface area contributed by atoms with E-state index < -0.39 is 10.8 Å². The predicted molar refractivity (Wildman–Crippen MR) is 242 cm³/mol. The molecule has 6 heterocycles. The summed E-state index contributed by atoms with van der Waals surface area (Å²) in [6.45, 7) is 6.86. The van der Waals surface area contributed by atoms with Crippen LogP contribution in [0.5, 0.6) is 0 Å². The summed E-state index contributed by atoms with van der Waals surface area (Å²) in [5.41, 5.74) is 4.60. The summed E-state index contributed by atoms with van der Waals surface area (Å²) in [6.07, 6.45) is 9.50. The van der Waals surface area contributed by atoms with Gasteiger partial charge in [-0.2, -0.15) is 0 Å². The van der Waals surface area contributed by atoms with Crippen molar-refractivity contribution in [2.45, 2.75) is 61.7 Å². The van der Waals surface area contributed by atoms with Crippen molar-refractivity contribution in [1.82, 2.24) is 39.7 Å². The molecule has 4 aromatic heterocycles. The monoisotopic (exact) mass is 932 g/mol. The van der Waals surface area contributed by atoms with Crippen LogP contribution in [0.4, 0.5) is 18.4 Å². The third kappa shape index (κ3) is 11.3. The number of piperidine rings is 2. The molecule has 6 aromatic rings. The summed E-state index contributed by atoms with van der Waals surface area (Å²) < 4.78 is 49.1. The van der Waals surface area contributed by atoms with E-state index in [1.165, 1.54) is 53.6 Å². The maximum Gasteiger partial charge on any atom is 0.409 e. The van der Waals surface area contributed by atoms with E-state index in [0.717, 1.165) is 68.0 Å². The number of likely N-dealkylation sites (tertiary alicyclic amines) is 2. The number of amides is 2. The van der Waals surface area contributed by atoms with Crippen LogP contribution in [-0.2, 0) is 20.3 Å². The first kappa shape index (κ1) is 45.8. The molecule has 0 aliphatic carbocycles. The van der Waals surface area contributed by atoms with Crippen molar-refractivity contribution in [3.63, 3.8) is 0 Å². The third-order valence-electron chi connectivity index (χ3n) is 10.4. The molecule has 2 aromatic carbocycles. The number of aromatic nitrogens is 6. The van der Waals surface area contributed by atoms with Crippen LogP contribution in [0.1, 0.15) is 61.4 Å². The van der Waals surface area contributed by atoms with Gasteiger partial charge in [0.2, 0.25) is 5.16 Å². The summed E-state index contributed by atoms with van der Waals surface area (Å²) in [6, 6.07) is 16.2. The summed E-state index contributed by atoms with van der Waals surface area (Å²) >= 11 is 4.63. The highest BCUT2D eigenvalue weighted by Gasteiger charge is 2.30. The highest BCUT2D eigenvalue weighted by Crippen LogP contribution is 2.43. The standard InChI is InChI=1S/C22H23FN4O3S2.C22H23FN4O2S2/c1-3-30-22(28)27-12-9-15(10-13-27)20-26-18(14-4-6-16(23)7-5-14)19(31-20)17-8-11-24-21(25-17)32(2)29;1-3-29-22(28)27-12-9-15(10-13-27)20-26-18(14-4-6-16(23)7-5-14)19(31-20)17-8-11-24-21(25-17)30-2/h4-8,11,15H,3,9-10,12-13H2,1-2H3;4-8,11,15H,3,9-10,12-13H2,1-2H3. The lowest BCUT2D eigenvalue weighted by molar-refractivity contribution is 0.0963. The zero-order chi connectivity index (χ0) is 44.5. The van der Waals surface area contributed by atoms with Crippen molar-refractivity contribution in [2.24, 2.45) is 0 Å². The number of carbonyl (C=O) groups is 2. The van der Waals surface area contributed by atoms with Crippen molar-refractivity contribution < 1.29 is 32.1 Å². The maximum atomic E-state index is 13.5. The molecule has 63 heavy (non-hydrogen) atoms. The highest BCUT2D eigenvalue weighted by atomic mass is 32.2. The Morgan fingerprint density at radius 2 is 1.11 bits per heavy atom. The Labute approximate surface area is 379 Å². The van der Waals surface area contributed by atoms with Crippen LogP contribution in [0, 0.1) is 11.6 Å². The van der Waals surface area contributed by atoms with Crippen LogP contribution in [0.3, 0.4) is 0 Å². The zero-order valence-electron chi connectivity index (χ0n) is 35.2. The fourth-order valence-electron chi connectivity index (χ4n) is 7.20. The van der Waals surface area contributed by atoms with Crippen molar-refractivity contribution in [2.75, 3.05) is 51.9 Å². The van der Waals surface area contributed by atoms with Gasteiger partial charge in [0, 0.05) is 67.8 Å². The number of thiazole rings is 2. The van der Waals surface area contributed by atoms with Gasteiger partial charge in [-0.25, -0.2) is 48.3 Å². The number of nitrogens with zero attached hydrogens (tertiary/aromatic N) is 8. The summed E-state index contributed by atoms with van der Waals surface area (Å²) in [4.78, 5) is 56.6. The topological polar surface area (TPSA) is 153 Å². The average molecular weight is 933 g/mol. The lowest BCUT2D eigenvalue weighted by Gasteiger charge is -2.30. The molecule has 2 aliphatic heterocycles. The van der Waals surface area contributed by atoms with Gasteiger partial charge in [0.05, 0.1) is 66.6 Å². The lowest BCUT2D eigenvalue weighted by Crippen LogP contribution is -2.38. The van der Waals surface area contributed by atoms with Gasteiger partial charge in [0.25, 0.3) is 0 Å². The molecule has 2 fully saturated rings. The molecular weight excluding hydrogens is 887 g/mol. The molecule has 330 valence electrons. The summed E-state index contributed by atoms with van der Waals surface area (Å²) in [5.74, 6) is -0.146. The van der Waals surface area contributed by atoms with Crippen LogP contribution < -0.4 is 0 Å². The highest BCUT2D eigenvalue weighted by molar-refractivity contribution is 7.98. The molecule has 0 bridgehead atoms. The second kappa shape index (κ2) is 21.4. The minimum Gasteiger partial charge on any atom is -0.450 e. The largest absolute Gasteiger partial charge is 0.450 e. The number of carbonyl (C=O) groups excluding carboxylic acids is 2. The van der Waals surface area contributed by atoms with Crippen molar-refractivity contribution in [3.05, 3.63) is 94.7 Å². The molecule has 2 aliphatic rings. The van der Waals surface area contributed by atoms with Crippen molar-refractivity contribution in [1.29, 1.82) is 0 Å². The predicted octanol–water partition coefficient (Wildman–Crippen LogP) is 9.94. The van der Waals surface area contributed by atoms with Gasteiger partial charge in [0.15, 0.2) is 5.16 Å². The van der Waals surface area contributed by atoms with E-state index >= 15 is 0 Å². The summed E-state index contributed by atoms with van der Waals surface area (Å²) in [7, 11) is -1.31. The Morgan fingerprint density at radius 1 is 0.683 bits per heavy atom. The number of halogens is 2. The van der Waals surface area contributed by atoms with Crippen molar-refractivity contribution in [3.8, 4) is 43.7 Å². The molecule has 19 heteroatoms. The van der Waals surface area contributed by atoms with Gasteiger partial charge >= 0.3 is 12.2 Å². The van der Waals surface area contributed by atoms with E-state index in [-0.39, 0.29) is 40.8 Å². The summed E-state index contributed by atoms with van der Waals surface area (Å²) in [5, 5.41) is 2.91. The average Bonchev–Trinajstić information content (AvgIpc) is 3.97. The second-order valence-electron chi connectivity index (χ2n) is 14.5. The first-order chi connectivity index (χ1) is 30.5. The number of benzene rings is 2.